The number of hydrogen-bond acceptors (Lipinski definition) is 5. The summed E-state index contributed by atoms with van der Waals surface area (Å²) < 4.78 is 26.9. The van der Waals surface area contributed by atoms with Gasteiger partial charge in [-0.1, -0.05) is 0 Å². The summed E-state index contributed by atoms with van der Waals surface area (Å²) in [4.78, 5) is 29.7. The van der Waals surface area contributed by atoms with Gasteiger partial charge < -0.3 is 9.80 Å². The predicted molar refractivity (Wildman–Crippen MR) is 119 cm³/mol. The highest BCUT2D eigenvalue weighted by molar-refractivity contribution is 5.91. The second kappa shape index (κ2) is 9.48. The molecule has 1 saturated carbocycles. The van der Waals surface area contributed by atoms with Crippen molar-refractivity contribution >= 4 is 17.9 Å². The Morgan fingerprint density at radius 2 is 1.67 bits per heavy atom. The molecule has 7 nitrogen and oxygen atoms in total. The molecule has 0 aromatic heterocycles. The number of nitrogens with zero attached hydrogens (tertiary/aromatic N) is 2. The number of likely N-dealkylation sites (tertiary alicyclic amines) is 2. The molecule has 1 aromatic rings. The predicted octanol–water partition coefficient (Wildman–Crippen LogP) is 1.82. The monoisotopic (exact) mass is 459 g/mol. The number of fused-ring (bicyclic) bond motifs is 2. The fourth-order valence-electron chi connectivity index (χ4n) is 5.86. The average Bonchev–Trinajstić information content (AvgIpc) is 3.39. The van der Waals surface area contributed by atoms with Gasteiger partial charge >= 0.3 is 0 Å². The molecule has 0 radical (unpaired) electrons. The van der Waals surface area contributed by atoms with E-state index in [1.807, 2.05) is 0 Å². The number of benzene rings is 1. The zero-order valence-electron chi connectivity index (χ0n) is 18.6. The van der Waals surface area contributed by atoms with Crippen LogP contribution in [-0.4, -0.2) is 59.9 Å². The third kappa shape index (κ3) is 4.81. The summed E-state index contributed by atoms with van der Waals surface area (Å²) in [5, 5.41) is 0. The van der Waals surface area contributed by atoms with E-state index in [1.165, 1.54) is 24.3 Å². The second-order valence-electron chi connectivity index (χ2n) is 9.80. The smallest absolute Gasteiger partial charge is 0.246 e. The Balaban J connectivity index is 1.13. The quantitative estimate of drug-likeness (QED) is 0.602. The van der Waals surface area contributed by atoms with Crippen molar-refractivity contribution in [1.29, 1.82) is 0 Å². The van der Waals surface area contributed by atoms with Gasteiger partial charge in [0.1, 0.15) is 11.6 Å². The van der Waals surface area contributed by atoms with Crippen LogP contribution in [-0.2, 0) is 9.59 Å². The van der Waals surface area contributed by atoms with Gasteiger partial charge in [-0.2, -0.15) is 5.53 Å². The molecule has 0 bridgehead atoms. The second-order valence-corrected chi connectivity index (χ2v) is 9.80. The van der Waals surface area contributed by atoms with Crippen molar-refractivity contribution in [2.75, 3.05) is 26.2 Å². The molecule has 3 heterocycles. The molecule has 9 heteroatoms. The molecule has 4 aliphatic rings. The first kappa shape index (κ1) is 22.4. The lowest BCUT2D eigenvalue weighted by Crippen LogP contribution is -2.45. The Hall–Kier alpha value is -2.36. The highest BCUT2D eigenvalue weighted by Gasteiger charge is 2.42. The van der Waals surface area contributed by atoms with Crippen molar-refractivity contribution in [1.82, 2.24) is 26.2 Å². The maximum Gasteiger partial charge on any atom is 0.246 e. The summed E-state index contributed by atoms with van der Waals surface area (Å²) in [6, 6.07) is 4.02. The van der Waals surface area contributed by atoms with Crippen LogP contribution in [0.3, 0.4) is 0 Å². The van der Waals surface area contributed by atoms with Gasteiger partial charge in [0.2, 0.25) is 11.8 Å². The van der Waals surface area contributed by atoms with E-state index in [-0.39, 0.29) is 23.3 Å². The summed E-state index contributed by atoms with van der Waals surface area (Å²) >= 11 is 0. The van der Waals surface area contributed by atoms with Crippen molar-refractivity contribution in [2.45, 2.75) is 44.2 Å². The summed E-state index contributed by atoms with van der Waals surface area (Å²) in [5.41, 5.74) is 9.61. The molecular formula is C24H31F2N5O2. The Kier molecular flexibility index (Phi) is 6.44. The van der Waals surface area contributed by atoms with Crippen molar-refractivity contribution in [3.05, 3.63) is 41.5 Å². The van der Waals surface area contributed by atoms with Gasteiger partial charge in [-0.3, -0.25) is 9.59 Å². The molecule has 33 heavy (non-hydrogen) atoms. The van der Waals surface area contributed by atoms with Gasteiger partial charge in [0, 0.05) is 61.9 Å². The normalized spacial score (nSPS) is 32.0. The standard InChI is InChI=1S/C24H31F2N5O2/c25-19-4-1-15(20(26)12-19)3-6-23(32)30-9-7-17-13-31(14-18(17)8-10-30)24(33)16-2-5-21-22(11-16)28-29-27-21/h1,3-4,6,12,16-18,21-22,27-29H,2,5,7-11,13-14H2/b6-3+/t16?,17-,18+,21?,22?. The van der Waals surface area contributed by atoms with Crippen LogP contribution in [0.1, 0.15) is 37.7 Å². The summed E-state index contributed by atoms with van der Waals surface area (Å²) in [6.07, 6.45) is 7.28. The first-order chi connectivity index (χ1) is 16.0. The average molecular weight is 460 g/mol. The lowest BCUT2D eigenvalue weighted by molar-refractivity contribution is -0.136. The minimum Gasteiger partial charge on any atom is -0.342 e. The van der Waals surface area contributed by atoms with Gasteiger partial charge in [0.05, 0.1) is 0 Å². The molecule has 1 aliphatic carbocycles. The van der Waals surface area contributed by atoms with Gasteiger partial charge in [-0.25, -0.2) is 19.6 Å². The van der Waals surface area contributed by atoms with Crippen LogP contribution in [0.25, 0.3) is 6.08 Å². The highest BCUT2D eigenvalue weighted by Crippen LogP contribution is 2.35. The lowest BCUT2D eigenvalue weighted by atomic mass is 9.82. The van der Waals surface area contributed by atoms with Crippen LogP contribution < -0.4 is 16.4 Å². The van der Waals surface area contributed by atoms with E-state index in [0.29, 0.717) is 37.0 Å². The molecule has 178 valence electrons. The summed E-state index contributed by atoms with van der Waals surface area (Å²) in [6.45, 7) is 2.81. The van der Waals surface area contributed by atoms with Crippen LogP contribution >= 0.6 is 0 Å². The molecule has 0 spiro atoms. The minimum absolute atomic E-state index is 0.0814. The Morgan fingerprint density at radius 1 is 0.939 bits per heavy atom. The van der Waals surface area contributed by atoms with Crippen molar-refractivity contribution < 1.29 is 18.4 Å². The van der Waals surface area contributed by atoms with Gasteiger partial charge in [-0.05, 0) is 62.1 Å². The van der Waals surface area contributed by atoms with E-state index in [9.17, 15) is 18.4 Å². The largest absolute Gasteiger partial charge is 0.342 e. The number of halogens is 2. The topological polar surface area (TPSA) is 76.7 Å². The van der Waals surface area contributed by atoms with Crippen molar-refractivity contribution in [2.24, 2.45) is 17.8 Å². The van der Waals surface area contributed by atoms with Gasteiger partial charge in [-0.15, -0.1) is 0 Å². The van der Waals surface area contributed by atoms with E-state index >= 15 is 0 Å². The van der Waals surface area contributed by atoms with E-state index in [0.717, 1.165) is 51.3 Å². The minimum atomic E-state index is -0.682. The van der Waals surface area contributed by atoms with Crippen LogP contribution in [0.15, 0.2) is 24.3 Å². The number of hydrogen-bond donors (Lipinski definition) is 3. The van der Waals surface area contributed by atoms with Crippen molar-refractivity contribution in [3.63, 3.8) is 0 Å². The SMILES string of the molecule is O=C(/C=C/c1ccc(F)cc1F)N1CC[C@@H]2CN(C(=O)C3CCC4NNNC4C3)C[C@@H]2CC1. The highest BCUT2D eigenvalue weighted by atomic mass is 19.1. The lowest BCUT2D eigenvalue weighted by Gasteiger charge is -2.32. The third-order valence-corrected chi connectivity index (χ3v) is 7.82. The van der Waals surface area contributed by atoms with E-state index in [4.69, 9.17) is 0 Å². The van der Waals surface area contributed by atoms with E-state index in [1.54, 1.807) is 4.90 Å². The Morgan fingerprint density at radius 3 is 2.39 bits per heavy atom. The molecule has 3 N–H and O–H groups in total. The molecule has 3 saturated heterocycles. The summed E-state index contributed by atoms with van der Waals surface area (Å²) in [7, 11) is 0. The fraction of sp³-hybridized carbons (Fsp3) is 0.583. The zero-order valence-corrected chi connectivity index (χ0v) is 18.6. The Labute approximate surface area is 192 Å². The van der Waals surface area contributed by atoms with Crippen LogP contribution in [0.5, 0.6) is 0 Å². The first-order valence-electron chi connectivity index (χ1n) is 11.9. The van der Waals surface area contributed by atoms with Crippen LogP contribution in [0, 0.1) is 29.4 Å². The Bertz CT molecular complexity index is 925. The third-order valence-electron chi connectivity index (χ3n) is 7.82. The van der Waals surface area contributed by atoms with Crippen LogP contribution in [0.2, 0.25) is 0 Å². The molecule has 2 amide bonds. The molecule has 5 atom stereocenters. The number of nitrogens with one attached hydrogen (secondary N) is 3. The number of carbonyl (C=O) groups excluding carboxylic acids is 2. The number of amides is 2. The molecule has 4 fully saturated rings. The van der Waals surface area contributed by atoms with Gasteiger partial charge in [0.15, 0.2) is 0 Å². The van der Waals surface area contributed by atoms with Crippen LogP contribution in [0.4, 0.5) is 8.78 Å². The first-order valence-corrected chi connectivity index (χ1v) is 11.9. The van der Waals surface area contributed by atoms with Gasteiger partial charge in [0.25, 0.3) is 0 Å². The number of rotatable bonds is 3. The summed E-state index contributed by atoms with van der Waals surface area (Å²) in [5.74, 6) is -0.289. The number of hydrazine groups is 2. The zero-order chi connectivity index (χ0) is 22.9. The number of carbonyl (C=O) groups is 2. The molecule has 3 unspecified atom stereocenters. The maximum absolute atomic E-state index is 13.8. The van der Waals surface area contributed by atoms with E-state index in [2.05, 4.69) is 21.3 Å². The molecular weight excluding hydrogens is 428 g/mol. The van der Waals surface area contributed by atoms with Crippen molar-refractivity contribution in [3.8, 4) is 0 Å². The molecule has 1 aromatic carbocycles. The molecule has 5 rings (SSSR count). The maximum atomic E-state index is 13.8. The fourth-order valence-corrected chi connectivity index (χ4v) is 5.86. The molecule has 3 aliphatic heterocycles. The van der Waals surface area contributed by atoms with E-state index < -0.39 is 11.6 Å².